The second-order valence-corrected chi connectivity index (χ2v) is 4.74. The van der Waals surface area contributed by atoms with Gasteiger partial charge in [0.2, 0.25) is 0 Å². The molecule has 0 aliphatic carbocycles. The highest BCUT2D eigenvalue weighted by atomic mass is 15.1. The van der Waals surface area contributed by atoms with Crippen molar-refractivity contribution in [1.29, 1.82) is 0 Å². The van der Waals surface area contributed by atoms with Crippen LogP contribution in [0, 0.1) is 6.92 Å². The quantitative estimate of drug-likeness (QED) is 0.860. The maximum atomic E-state index is 5.93. The largest absolute Gasteiger partial charge is 0.377 e. The van der Waals surface area contributed by atoms with Crippen LogP contribution in [0.2, 0.25) is 0 Å². The first kappa shape index (κ1) is 11.9. The molecule has 1 heterocycles. The van der Waals surface area contributed by atoms with E-state index in [2.05, 4.69) is 28.1 Å². The monoisotopic (exact) mass is 229 g/mol. The van der Waals surface area contributed by atoms with E-state index in [1.807, 2.05) is 34.0 Å². The Morgan fingerprint density at radius 2 is 1.94 bits per heavy atom. The van der Waals surface area contributed by atoms with Crippen molar-refractivity contribution in [1.82, 2.24) is 4.98 Å². The molecule has 1 aromatic heterocycles. The molecule has 0 saturated carbocycles. The molecule has 2 aromatic rings. The molecule has 1 unspecified atom stereocenters. The zero-order valence-electron chi connectivity index (χ0n) is 10.9. The summed E-state index contributed by atoms with van der Waals surface area (Å²) in [5.74, 6) is 0. The zero-order valence-corrected chi connectivity index (χ0v) is 10.9. The van der Waals surface area contributed by atoms with Crippen molar-refractivity contribution in [2.45, 2.75) is 19.9 Å². The first-order valence-electron chi connectivity index (χ1n) is 5.83. The first-order chi connectivity index (χ1) is 7.99. The molecular weight excluding hydrogens is 210 g/mol. The van der Waals surface area contributed by atoms with Crippen LogP contribution in [0.5, 0.6) is 0 Å². The molecular formula is C14H19N3. The highest BCUT2D eigenvalue weighted by molar-refractivity contribution is 5.92. The van der Waals surface area contributed by atoms with Gasteiger partial charge < -0.3 is 10.6 Å². The summed E-state index contributed by atoms with van der Waals surface area (Å²) in [6.45, 7) is 4.02. The standard InChI is InChI=1S/C14H19N3/c1-9-7-14(17(3)4)12-8-11(10(2)15)5-6-13(12)16-9/h5-8,10H,15H2,1-4H3. The fraction of sp³-hybridized carbons (Fsp3) is 0.357. The van der Waals surface area contributed by atoms with Crippen LogP contribution in [0.1, 0.15) is 24.2 Å². The van der Waals surface area contributed by atoms with Crippen molar-refractivity contribution in [2.24, 2.45) is 5.73 Å². The lowest BCUT2D eigenvalue weighted by Gasteiger charge is -2.17. The summed E-state index contributed by atoms with van der Waals surface area (Å²) in [5, 5.41) is 1.16. The third kappa shape index (κ3) is 2.24. The van der Waals surface area contributed by atoms with Gasteiger partial charge in [-0.05, 0) is 37.6 Å². The van der Waals surface area contributed by atoms with Gasteiger partial charge in [0.05, 0.1) is 5.52 Å². The highest BCUT2D eigenvalue weighted by Gasteiger charge is 2.08. The minimum atomic E-state index is 0.0516. The van der Waals surface area contributed by atoms with Gasteiger partial charge in [-0.2, -0.15) is 0 Å². The van der Waals surface area contributed by atoms with Gasteiger partial charge >= 0.3 is 0 Å². The van der Waals surface area contributed by atoms with E-state index in [4.69, 9.17) is 5.73 Å². The molecule has 0 bridgehead atoms. The Labute approximate surface area is 102 Å². The van der Waals surface area contributed by atoms with Gasteiger partial charge in [-0.3, -0.25) is 4.98 Å². The van der Waals surface area contributed by atoms with Gasteiger partial charge in [0.1, 0.15) is 0 Å². The molecule has 1 aromatic carbocycles. The molecule has 1 atom stereocenters. The number of hydrogen-bond donors (Lipinski definition) is 1. The molecule has 17 heavy (non-hydrogen) atoms. The average molecular weight is 229 g/mol. The molecule has 2 N–H and O–H groups in total. The van der Waals surface area contributed by atoms with E-state index in [9.17, 15) is 0 Å². The van der Waals surface area contributed by atoms with Crippen molar-refractivity contribution in [3.8, 4) is 0 Å². The predicted molar refractivity (Wildman–Crippen MR) is 73.4 cm³/mol. The number of fused-ring (bicyclic) bond motifs is 1. The number of benzene rings is 1. The number of nitrogens with zero attached hydrogens (tertiary/aromatic N) is 2. The van der Waals surface area contributed by atoms with Gasteiger partial charge in [0.25, 0.3) is 0 Å². The summed E-state index contributed by atoms with van der Waals surface area (Å²) in [7, 11) is 4.10. The Morgan fingerprint density at radius 3 is 2.53 bits per heavy atom. The maximum Gasteiger partial charge on any atom is 0.0726 e. The van der Waals surface area contributed by atoms with Gasteiger partial charge in [-0.1, -0.05) is 6.07 Å². The number of nitrogens with two attached hydrogens (primary N) is 1. The van der Waals surface area contributed by atoms with E-state index >= 15 is 0 Å². The highest BCUT2D eigenvalue weighted by Crippen LogP contribution is 2.27. The second-order valence-electron chi connectivity index (χ2n) is 4.74. The van der Waals surface area contributed by atoms with Crippen LogP contribution in [-0.4, -0.2) is 19.1 Å². The summed E-state index contributed by atoms with van der Waals surface area (Å²) in [5.41, 5.74) is 10.3. The zero-order chi connectivity index (χ0) is 12.6. The molecule has 0 aliphatic rings. The lowest BCUT2D eigenvalue weighted by Crippen LogP contribution is -2.11. The molecule has 3 nitrogen and oxygen atoms in total. The average Bonchev–Trinajstić information content (AvgIpc) is 2.26. The van der Waals surface area contributed by atoms with E-state index in [-0.39, 0.29) is 6.04 Å². The molecule has 0 radical (unpaired) electrons. The van der Waals surface area contributed by atoms with Crippen LogP contribution >= 0.6 is 0 Å². The van der Waals surface area contributed by atoms with Crippen molar-refractivity contribution in [3.63, 3.8) is 0 Å². The molecule has 3 heteroatoms. The van der Waals surface area contributed by atoms with Crippen molar-refractivity contribution in [3.05, 3.63) is 35.5 Å². The fourth-order valence-corrected chi connectivity index (χ4v) is 2.01. The first-order valence-corrected chi connectivity index (χ1v) is 5.83. The number of rotatable bonds is 2. The predicted octanol–water partition coefficient (Wildman–Crippen LogP) is 2.63. The number of aromatic nitrogens is 1. The van der Waals surface area contributed by atoms with Gasteiger partial charge in [0.15, 0.2) is 0 Å². The third-order valence-electron chi connectivity index (χ3n) is 2.95. The number of hydrogen-bond acceptors (Lipinski definition) is 3. The van der Waals surface area contributed by atoms with Crippen LogP contribution in [-0.2, 0) is 0 Å². The SMILES string of the molecule is Cc1cc(N(C)C)c2cc(C(C)N)ccc2n1. The van der Waals surface area contributed by atoms with Gasteiger partial charge in [0, 0.05) is 36.9 Å². The van der Waals surface area contributed by atoms with Gasteiger partial charge in [-0.25, -0.2) is 0 Å². The van der Waals surface area contributed by atoms with E-state index in [1.165, 1.54) is 5.69 Å². The maximum absolute atomic E-state index is 5.93. The molecule has 0 amide bonds. The fourth-order valence-electron chi connectivity index (χ4n) is 2.01. The Kier molecular flexibility index (Phi) is 3.03. The van der Waals surface area contributed by atoms with Crippen molar-refractivity contribution >= 4 is 16.6 Å². The summed E-state index contributed by atoms with van der Waals surface area (Å²) in [4.78, 5) is 6.66. The summed E-state index contributed by atoms with van der Waals surface area (Å²) >= 11 is 0. The summed E-state index contributed by atoms with van der Waals surface area (Å²) in [6.07, 6.45) is 0. The normalized spacial score (nSPS) is 12.8. The third-order valence-corrected chi connectivity index (χ3v) is 2.95. The smallest absolute Gasteiger partial charge is 0.0726 e. The Bertz CT molecular complexity index is 544. The van der Waals surface area contributed by atoms with E-state index in [0.29, 0.717) is 0 Å². The van der Waals surface area contributed by atoms with E-state index in [0.717, 1.165) is 22.2 Å². The van der Waals surface area contributed by atoms with E-state index in [1.54, 1.807) is 0 Å². The molecule has 90 valence electrons. The number of aryl methyl sites for hydroxylation is 1. The minimum absolute atomic E-state index is 0.0516. The van der Waals surface area contributed by atoms with Crippen molar-refractivity contribution < 1.29 is 0 Å². The van der Waals surface area contributed by atoms with Crippen molar-refractivity contribution in [2.75, 3.05) is 19.0 Å². The Balaban J connectivity index is 2.73. The van der Waals surface area contributed by atoms with Crippen LogP contribution < -0.4 is 10.6 Å². The topological polar surface area (TPSA) is 42.1 Å². The second kappa shape index (κ2) is 4.34. The number of pyridine rings is 1. The Morgan fingerprint density at radius 1 is 1.24 bits per heavy atom. The summed E-state index contributed by atoms with van der Waals surface area (Å²) in [6, 6.07) is 8.40. The van der Waals surface area contributed by atoms with Crippen LogP contribution in [0.25, 0.3) is 10.9 Å². The molecule has 0 fully saturated rings. The van der Waals surface area contributed by atoms with E-state index < -0.39 is 0 Å². The Hall–Kier alpha value is -1.61. The molecule has 0 saturated heterocycles. The molecule has 2 rings (SSSR count). The molecule has 0 spiro atoms. The van der Waals surface area contributed by atoms with Gasteiger partial charge in [-0.15, -0.1) is 0 Å². The minimum Gasteiger partial charge on any atom is -0.377 e. The molecule has 0 aliphatic heterocycles. The van der Waals surface area contributed by atoms with Crippen LogP contribution in [0.3, 0.4) is 0 Å². The number of anilines is 1. The van der Waals surface area contributed by atoms with Crippen LogP contribution in [0.4, 0.5) is 5.69 Å². The van der Waals surface area contributed by atoms with Crippen LogP contribution in [0.15, 0.2) is 24.3 Å². The lowest BCUT2D eigenvalue weighted by molar-refractivity contribution is 0.820. The lowest BCUT2D eigenvalue weighted by atomic mass is 10.0. The summed E-state index contributed by atoms with van der Waals surface area (Å²) < 4.78 is 0.